The molecule has 2 N–H and O–H groups in total. The Balaban J connectivity index is 2.22. The zero-order valence-corrected chi connectivity index (χ0v) is 12.7. The molecule has 4 nitrogen and oxygen atoms in total. The molecule has 2 rings (SSSR count). The van der Waals surface area contributed by atoms with Crippen LogP contribution >= 0.6 is 15.9 Å². The number of hydrogen-bond acceptors (Lipinski definition) is 3. The lowest BCUT2D eigenvalue weighted by atomic mass is 10.2. The van der Waals surface area contributed by atoms with Gasteiger partial charge in [-0.2, -0.15) is 0 Å². The van der Waals surface area contributed by atoms with E-state index in [0.29, 0.717) is 17.9 Å². The molecule has 0 aliphatic carbocycles. The second-order valence-corrected chi connectivity index (χ2v) is 5.01. The molecule has 110 valence electrons. The number of rotatable bonds is 4. The Hall–Kier alpha value is -2.02. The smallest absolute Gasteiger partial charge is 0.255 e. The standard InChI is InChI=1S/C14H12BrF2N3O/c1-2-18-13-5-8(3-4-19-13)14(21)20-12-7-10(16)9(15)6-11(12)17/h3-7H,2H2,1H3,(H,18,19)(H,20,21). The quantitative estimate of drug-likeness (QED) is 0.820. The second kappa shape index (κ2) is 6.62. The molecule has 21 heavy (non-hydrogen) atoms. The van der Waals surface area contributed by atoms with Crippen LogP contribution in [0.25, 0.3) is 0 Å². The Morgan fingerprint density at radius 2 is 2.05 bits per heavy atom. The van der Waals surface area contributed by atoms with Crippen molar-refractivity contribution in [1.82, 2.24) is 4.98 Å². The van der Waals surface area contributed by atoms with Crippen molar-refractivity contribution in [2.24, 2.45) is 0 Å². The fraction of sp³-hybridized carbons (Fsp3) is 0.143. The summed E-state index contributed by atoms with van der Waals surface area (Å²) in [6, 6.07) is 4.90. The zero-order chi connectivity index (χ0) is 15.4. The summed E-state index contributed by atoms with van der Waals surface area (Å²) in [5, 5.41) is 5.30. The molecule has 0 radical (unpaired) electrons. The third-order valence-electron chi connectivity index (χ3n) is 2.64. The summed E-state index contributed by atoms with van der Waals surface area (Å²) >= 11 is 2.87. The van der Waals surface area contributed by atoms with Crippen molar-refractivity contribution in [3.8, 4) is 0 Å². The van der Waals surface area contributed by atoms with E-state index in [-0.39, 0.29) is 10.2 Å². The molecule has 0 saturated heterocycles. The van der Waals surface area contributed by atoms with E-state index >= 15 is 0 Å². The highest BCUT2D eigenvalue weighted by atomic mass is 79.9. The highest BCUT2D eigenvalue weighted by Crippen LogP contribution is 2.23. The summed E-state index contributed by atoms with van der Waals surface area (Å²) in [6.45, 7) is 2.55. The summed E-state index contributed by atoms with van der Waals surface area (Å²) in [7, 11) is 0. The van der Waals surface area contributed by atoms with Crippen LogP contribution in [-0.4, -0.2) is 17.4 Å². The Labute approximate surface area is 128 Å². The van der Waals surface area contributed by atoms with Crippen LogP contribution in [0.2, 0.25) is 0 Å². The van der Waals surface area contributed by atoms with Crippen LogP contribution in [0.4, 0.5) is 20.3 Å². The zero-order valence-electron chi connectivity index (χ0n) is 11.1. The lowest BCUT2D eigenvalue weighted by Crippen LogP contribution is -2.14. The fourth-order valence-electron chi connectivity index (χ4n) is 1.66. The van der Waals surface area contributed by atoms with Crippen molar-refractivity contribution in [2.45, 2.75) is 6.92 Å². The van der Waals surface area contributed by atoms with Crippen LogP contribution in [0.3, 0.4) is 0 Å². The molecule has 2 aromatic rings. The normalized spacial score (nSPS) is 10.3. The third kappa shape index (κ3) is 3.75. The number of carbonyl (C=O) groups is 1. The molecule has 0 aliphatic rings. The van der Waals surface area contributed by atoms with E-state index in [1.165, 1.54) is 18.3 Å². The van der Waals surface area contributed by atoms with Gasteiger partial charge in [0.15, 0.2) is 0 Å². The summed E-state index contributed by atoms with van der Waals surface area (Å²) in [4.78, 5) is 16.1. The monoisotopic (exact) mass is 355 g/mol. The summed E-state index contributed by atoms with van der Waals surface area (Å²) in [5.74, 6) is -1.39. The highest BCUT2D eigenvalue weighted by molar-refractivity contribution is 9.10. The molecule has 1 aromatic heterocycles. The first kappa shape index (κ1) is 15.4. The van der Waals surface area contributed by atoms with Gasteiger partial charge in [0.1, 0.15) is 17.5 Å². The number of nitrogens with zero attached hydrogens (tertiary/aromatic N) is 1. The molecule has 0 saturated carbocycles. The van der Waals surface area contributed by atoms with E-state index in [2.05, 4.69) is 31.5 Å². The van der Waals surface area contributed by atoms with E-state index in [0.717, 1.165) is 12.1 Å². The Morgan fingerprint density at radius 1 is 1.29 bits per heavy atom. The first-order valence-corrected chi connectivity index (χ1v) is 6.96. The van der Waals surface area contributed by atoms with Gasteiger partial charge < -0.3 is 10.6 Å². The minimum Gasteiger partial charge on any atom is -0.370 e. The number of halogens is 3. The van der Waals surface area contributed by atoms with Gasteiger partial charge in [0, 0.05) is 24.4 Å². The van der Waals surface area contributed by atoms with Crippen molar-refractivity contribution in [2.75, 3.05) is 17.2 Å². The number of benzene rings is 1. The van der Waals surface area contributed by atoms with E-state index < -0.39 is 17.5 Å². The number of anilines is 2. The maximum Gasteiger partial charge on any atom is 0.255 e. The number of carbonyl (C=O) groups excluding carboxylic acids is 1. The van der Waals surface area contributed by atoms with E-state index in [1.807, 2.05) is 6.92 Å². The molecule has 0 atom stereocenters. The minimum atomic E-state index is -0.724. The largest absolute Gasteiger partial charge is 0.370 e. The average Bonchev–Trinajstić information content (AvgIpc) is 2.45. The number of pyridine rings is 1. The number of hydrogen-bond donors (Lipinski definition) is 2. The number of nitrogens with one attached hydrogen (secondary N) is 2. The molecular formula is C14H12BrF2N3O. The summed E-state index contributed by atoms with van der Waals surface area (Å²) < 4.78 is 27.1. The average molecular weight is 356 g/mol. The molecule has 1 amide bonds. The first-order valence-electron chi connectivity index (χ1n) is 6.17. The molecule has 0 unspecified atom stereocenters. The van der Waals surface area contributed by atoms with Gasteiger partial charge in [-0.3, -0.25) is 4.79 Å². The highest BCUT2D eigenvalue weighted by Gasteiger charge is 2.13. The molecule has 0 spiro atoms. The summed E-state index contributed by atoms with van der Waals surface area (Å²) in [5.41, 5.74) is 0.0752. The summed E-state index contributed by atoms with van der Waals surface area (Å²) in [6.07, 6.45) is 1.46. The van der Waals surface area contributed by atoms with Gasteiger partial charge in [0.05, 0.1) is 10.2 Å². The van der Waals surface area contributed by atoms with Gasteiger partial charge in [-0.1, -0.05) is 0 Å². The van der Waals surface area contributed by atoms with Gasteiger partial charge >= 0.3 is 0 Å². The third-order valence-corrected chi connectivity index (χ3v) is 3.25. The second-order valence-electron chi connectivity index (χ2n) is 4.16. The van der Waals surface area contributed by atoms with Gasteiger partial charge in [-0.25, -0.2) is 13.8 Å². The van der Waals surface area contributed by atoms with Gasteiger partial charge in [-0.15, -0.1) is 0 Å². The predicted molar refractivity (Wildman–Crippen MR) is 80.4 cm³/mol. The topological polar surface area (TPSA) is 54.0 Å². The first-order chi connectivity index (χ1) is 10.0. The van der Waals surface area contributed by atoms with Crippen LogP contribution in [0.1, 0.15) is 17.3 Å². The van der Waals surface area contributed by atoms with Gasteiger partial charge in [-0.05, 0) is 41.1 Å². The van der Waals surface area contributed by atoms with Crippen molar-refractivity contribution in [3.05, 3.63) is 52.1 Å². The Kier molecular flexibility index (Phi) is 4.85. The van der Waals surface area contributed by atoms with Crippen molar-refractivity contribution in [3.63, 3.8) is 0 Å². The lowest BCUT2D eigenvalue weighted by Gasteiger charge is -2.08. The number of aromatic nitrogens is 1. The van der Waals surface area contributed by atoms with Crippen LogP contribution in [-0.2, 0) is 0 Å². The van der Waals surface area contributed by atoms with Gasteiger partial charge in [0.2, 0.25) is 0 Å². The lowest BCUT2D eigenvalue weighted by molar-refractivity contribution is 0.102. The SMILES string of the molecule is CCNc1cc(C(=O)Nc2cc(F)c(Br)cc2F)ccn1. The Morgan fingerprint density at radius 3 is 2.76 bits per heavy atom. The van der Waals surface area contributed by atoms with E-state index in [4.69, 9.17) is 0 Å². The molecule has 0 aliphatic heterocycles. The van der Waals surface area contributed by atoms with Crippen molar-refractivity contribution in [1.29, 1.82) is 0 Å². The molecule has 1 aromatic carbocycles. The molecule has 7 heteroatoms. The number of amides is 1. The van der Waals surface area contributed by atoms with E-state index in [9.17, 15) is 13.6 Å². The molecule has 0 bridgehead atoms. The van der Waals surface area contributed by atoms with Crippen molar-refractivity contribution >= 4 is 33.3 Å². The molecule has 0 fully saturated rings. The molecule has 1 heterocycles. The fourth-order valence-corrected chi connectivity index (χ4v) is 1.98. The van der Waals surface area contributed by atoms with Crippen LogP contribution in [0.5, 0.6) is 0 Å². The predicted octanol–water partition coefficient (Wildman–Crippen LogP) is 3.81. The van der Waals surface area contributed by atoms with Crippen LogP contribution in [0, 0.1) is 11.6 Å². The maximum absolute atomic E-state index is 13.7. The minimum absolute atomic E-state index is 0.00339. The Bertz CT molecular complexity index is 679. The van der Waals surface area contributed by atoms with Crippen LogP contribution < -0.4 is 10.6 Å². The van der Waals surface area contributed by atoms with Crippen LogP contribution in [0.15, 0.2) is 34.9 Å². The van der Waals surface area contributed by atoms with Gasteiger partial charge in [0.25, 0.3) is 5.91 Å². The molecular weight excluding hydrogens is 344 g/mol. The van der Waals surface area contributed by atoms with Crippen molar-refractivity contribution < 1.29 is 13.6 Å². The maximum atomic E-state index is 13.7. The van der Waals surface area contributed by atoms with E-state index in [1.54, 1.807) is 0 Å².